The zero-order valence-electron chi connectivity index (χ0n) is 16.4. The number of hydrogen-bond acceptors (Lipinski definition) is 3. The Bertz CT molecular complexity index is 1430. The van der Waals surface area contributed by atoms with Crippen molar-refractivity contribution in [3.63, 3.8) is 0 Å². The average Bonchev–Trinajstić information content (AvgIpc) is 3.16. The molecule has 0 aliphatic rings. The Morgan fingerprint density at radius 2 is 1.77 bits per heavy atom. The second-order valence-electron chi connectivity index (χ2n) is 7.26. The number of thiophene rings is 1. The van der Waals surface area contributed by atoms with Crippen LogP contribution in [0.4, 0.5) is 0 Å². The van der Waals surface area contributed by atoms with Crippen LogP contribution in [0.3, 0.4) is 0 Å². The van der Waals surface area contributed by atoms with E-state index >= 15 is 0 Å². The smallest absolute Gasteiger partial charge is 0.263 e. The van der Waals surface area contributed by atoms with Gasteiger partial charge in [0, 0.05) is 14.9 Å². The molecular weight excluding hydrogens is 456 g/mol. The van der Waals surface area contributed by atoms with Crippen LogP contribution in [0.2, 0.25) is 0 Å². The summed E-state index contributed by atoms with van der Waals surface area (Å²) in [6, 6.07) is 22.7. The van der Waals surface area contributed by atoms with Gasteiger partial charge in [-0.15, -0.1) is 11.3 Å². The van der Waals surface area contributed by atoms with Gasteiger partial charge in [0.15, 0.2) is 0 Å². The van der Waals surface area contributed by atoms with Crippen molar-refractivity contribution in [2.45, 2.75) is 19.9 Å². The van der Waals surface area contributed by atoms with Crippen LogP contribution in [-0.4, -0.2) is 9.55 Å². The van der Waals surface area contributed by atoms with Crippen LogP contribution in [0, 0.1) is 0 Å². The normalized spacial score (nSPS) is 11.4. The Hall–Kier alpha value is -2.76. The van der Waals surface area contributed by atoms with Gasteiger partial charge in [-0.3, -0.25) is 9.36 Å². The van der Waals surface area contributed by atoms with E-state index in [1.165, 1.54) is 15.6 Å². The molecule has 2 heterocycles. The van der Waals surface area contributed by atoms with Gasteiger partial charge in [0.1, 0.15) is 4.83 Å². The predicted octanol–water partition coefficient (Wildman–Crippen LogP) is 6.65. The molecule has 0 N–H and O–H groups in total. The molecule has 0 amide bonds. The molecule has 0 aliphatic heterocycles. The van der Waals surface area contributed by atoms with Gasteiger partial charge >= 0.3 is 0 Å². The van der Waals surface area contributed by atoms with E-state index < -0.39 is 0 Å². The van der Waals surface area contributed by atoms with Gasteiger partial charge in [-0.2, -0.15) is 0 Å². The Kier molecular flexibility index (Phi) is 5.01. The summed E-state index contributed by atoms with van der Waals surface area (Å²) in [4.78, 5) is 20.2. The van der Waals surface area contributed by atoms with E-state index in [1.807, 2.05) is 30.3 Å². The number of aromatic nitrogens is 2. The van der Waals surface area contributed by atoms with Gasteiger partial charge in [0.25, 0.3) is 5.56 Å². The Balaban J connectivity index is 1.69. The second kappa shape index (κ2) is 7.82. The first kappa shape index (κ1) is 19.2. The summed E-state index contributed by atoms with van der Waals surface area (Å²) in [5, 5.41) is 3.07. The Morgan fingerprint density at radius 3 is 2.57 bits per heavy atom. The highest BCUT2D eigenvalue weighted by Gasteiger charge is 2.18. The van der Waals surface area contributed by atoms with Crippen molar-refractivity contribution in [1.82, 2.24) is 9.55 Å². The molecule has 0 radical (unpaired) electrons. The minimum Gasteiger partial charge on any atom is -0.294 e. The van der Waals surface area contributed by atoms with E-state index in [2.05, 4.69) is 64.2 Å². The number of benzene rings is 3. The molecule has 0 saturated carbocycles. The lowest BCUT2D eigenvalue weighted by molar-refractivity contribution is 0.754. The highest BCUT2D eigenvalue weighted by Crippen LogP contribution is 2.37. The molecule has 148 valence electrons. The van der Waals surface area contributed by atoms with Crippen LogP contribution in [0.5, 0.6) is 0 Å². The molecule has 0 aliphatic carbocycles. The summed E-state index contributed by atoms with van der Waals surface area (Å²) in [5.74, 6) is 0. The maximum absolute atomic E-state index is 13.6. The summed E-state index contributed by atoms with van der Waals surface area (Å²) in [5.41, 5.74) is 3.21. The van der Waals surface area contributed by atoms with Crippen molar-refractivity contribution >= 4 is 48.3 Å². The number of nitrogens with zero attached hydrogens (tertiary/aromatic N) is 2. The molecule has 0 saturated heterocycles. The predicted molar refractivity (Wildman–Crippen MR) is 129 cm³/mol. The molecule has 2 aromatic heterocycles. The van der Waals surface area contributed by atoms with Gasteiger partial charge in [-0.1, -0.05) is 77.5 Å². The number of aryl methyl sites for hydroxylation is 1. The first-order valence-corrected chi connectivity index (χ1v) is 11.5. The fourth-order valence-electron chi connectivity index (χ4n) is 3.97. The van der Waals surface area contributed by atoms with Crippen molar-refractivity contribution in [3.8, 4) is 11.1 Å². The van der Waals surface area contributed by atoms with Gasteiger partial charge < -0.3 is 0 Å². The molecule has 0 spiro atoms. The quantitative estimate of drug-likeness (QED) is 0.292. The SMILES string of the molecule is CCc1sc2ncn(Cc3cccc4ccccc34)c(=O)c2c1-c1ccc(Br)cc1. The molecular formula is C25H19BrN2OS. The zero-order chi connectivity index (χ0) is 20.7. The molecule has 5 heteroatoms. The third-order valence-corrected chi connectivity index (χ3v) is 7.20. The third-order valence-electron chi connectivity index (χ3n) is 5.43. The van der Waals surface area contributed by atoms with E-state index in [1.54, 1.807) is 22.2 Å². The molecule has 3 nitrogen and oxygen atoms in total. The molecule has 0 fully saturated rings. The van der Waals surface area contributed by atoms with Crippen molar-refractivity contribution < 1.29 is 0 Å². The largest absolute Gasteiger partial charge is 0.294 e. The monoisotopic (exact) mass is 474 g/mol. The minimum atomic E-state index is 0.0156. The summed E-state index contributed by atoms with van der Waals surface area (Å²) < 4.78 is 2.76. The van der Waals surface area contributed by atoms with Crippen LogP contribution in [-0.2, 0) is 13.0 Å². The number of rotatable bonds is 4. The summed E-state index contributed by atoms with van der Waals surface area (Å²) >= 11 is 5.12. The van der Waals surface area contributed by atoms with Crippen LogP contribution in [0.25, 0.3) is 32.1 Å². The maximum Gasteiger partial charge on any atom is 0.263 e. The fraction of sp³-hybridized carbons (Fsp3) is 0.120. The van der Waals surface area contributed by atoms with Gasteiger partial charge in [0.2, 0.25) is 0 Å². The standard InChI is InChI=1S/C25H19BrN2OS/c1-2-21-22(17-10-12-19(26)13-11-17)23-24(30-21)27-15-28(25(23)29)14-18-8-5-7-16-6-3-4-9-20(16)18/h3-13,15H,2,14H2,1H3. The van der Waals surface area contributed by atoms with E-state index in [9.17, 15) is 4.79 Å². The van der Waals surface area contributed by atoms with E-state index in [4.69, 9.17) is 0 Å². The number of halogens is 1. The molecule has 0 unspecified atom stereocenters. The van der Waals surface area contributed by atoms with Crippen molar-refractivity contribution in [2.24, 2.45) is 0 Å². The van der Waals surface area contributed by atoms with E-state index in [0.717, 1.165) is 37.8 Å². The molecule has 5 aromatic rings. The summed E-state index contributed by atoms with van der Waals surface area (Å²) in [6.45, 7) is 2.63. The van der Waals surface area contributed by atoms with Crippen molar-refractivity contribution in [2.75, 3.05) is 0 Å². The lowest BCUT2D eigenvalue weighted by atomic mass is 10.0. The van der Waals surface area contributed by atoms with Gasteiger partial charge in [-0.25, -0.2) is 4.98 Å². The fourth-order valence-corrected chi connectivity index (χ4v) is 5.33. The van der Waals surface area contributed by atoms with Crippen LogP contribution >= 0.6 is 27.3 Å². The first-order valence-electron chi connectivity index (χ1n) is 9.89. The maximum atomic E-state index is 13.6. The Labute approximate surface area is 186 Å². The summed E-state index contributed by atoms with van der Waals surface area (Å²) in [6.07, 6.45) is 2.56. The van der Waals surface area contributed by atoms with Crippen molar-refractivity contribution in [3.05, 3.63) is 98.3 Å². The van der Waals surface area contributed by atoms with E-state index in [0.29, 0.717) is 6.54 Å². The number of fused-ring (bicyclic) bond motifs is 2. The first-order chi connectivity index (χ1) is 14.7. The van der Waals surface area contributed by atoms with E-state index in [-0.39, 0.29) is 5.56 Å². The van der Waals surface area contributed by atoms with Crippen molar-refractivity contribution in [1.29, 1.82) is 0 Å². The molecule has 30 heavy (non-hydrogen) atoms. The second-order valence-corrected chi connectivity index (χ2v) is 9.26. The Morgan fingerprint density at radius 1 is 1.00 bits per heavy atom. The van der Waals surface area contributed by atoms with Crippen LogP contribution in [0.15, 0.2) is 82.3 Å². The highest BCUT2D eigenvalue weighted by atomic mass is 79.9. The third kappa shape index (κ3) is 3.28. The zero-order valence-corrected chi connectivity index (χ0v) is 18.8. The van der Waals surface area contributed by atoms with Gasteiger partial charge in [0.05, 0.1) is 18.3 Å². The van der Waals surface area contributed by atoms with Crippen LogP contribution in [0.1, 0.15) is 17.4 Å². The molecule has 0 bridgehead atoms. The molecule has 0 atom stereocenters. The van der Waals surface area contributed by atoms with Crippen LogP contribution < -0.4 is 5.56 Å². The lowest BCUT2D eigenvalue weighted by Gasteiger charge is -2.10. The summed E-state index contributed by atoms with van der Waals surface area (Å²) in [7, 11) is 0. The lowest BCUT2D eigenvalue weighted by Crippen LogP contribution is -2.21. The molecule has 3 aromatic carbocycles. The number of hydrogen-bond donors (Lipinski definition) is 0. The molecule has 5 rings (SSSR count). The minimum absolute atomic E-state index is 0.0156. The average molecular weight is 475 g/mol. The van der Waals surface area contributed by atoms with Gasteiger partial charge in [-0.05, 0) is 40.5 Å². The highest BCUT2D eigenvalue weighted by molar-refractivity contribution is 9.10. The topological polar surface area (TPSA) is 34.9 Å².